The predicted octanol–water partition coefficient (Wildman–Crippen LogP) is 2.27. The Labute approximate surface area is 165 Å². The highest BCUT2D eigenvalue weighted by Gasteiger charge is 2.37. The Kier molecular flexibility index (Phi) is 5.42. The molecule has 3 rings (SSSR count). The van der Waals surface area contributed by atoms with Gasteiger partial charge in [0.2, 0.25) is 10.0 Å². The molecular weight excluding hydrogens is 384 g/mol. The third-order valence-corrected chi connectivity index (χ3v) is 6.85. The van der Waals surface area contributed by atoms with E-state index in [2.05, 4.69) is 5.32 Å². The van der Waals surface area contributed by atoms with Crippen LogP contribution in [0, 0.1) is 6.92 Å². The number of sulfonamides is 1. The maximum atomic E-state index is 12.6. The molecule has 1 aromatic carbocycles. The summed E-state index contributed by atoms with van der Waals surface area (Å²) in [6.07, 6.45) is -0.0666. The number of fused-ring (bicyclic) bond motifs is 1. The standard InChI is InChI=1S/C19H26N2O6S/c1-12-13(6-7-14-15(12)11-26-17(14)22)16(21-8-5-9-28(21,24)25)10-20-18(23)27-19(2,3)4/h6-7,16H,5,8-11H2,1-4H3,(H,20,23)/t16-/m0/s1. The van der Waals surface area contributed by atoms with Crippen LogP contribution in [-0.4, -0.2) is 49.2 Å². The van der Waals surface area contributed by atoms with Crippen molar-refractivity contribution in [3.63, 3.8) is 0 Å². The number of hydrogen-bond acceptors (Lipinski definition) is 6. The number of ether oxygens (including phenoxy) is 2. The van der Waals surface area contributed by atoms with E-state index in [9.17, 15) is 18.0 Å². The van der Waals surface area contributed by atoms with Crippen molar-refractivity contribution in [1.82, 2.24) is 9.62 Å². The minimum absolute atomic E-state index is 0.0720. The molecule has 1 fully saturated rings. The Morgan fingerprint density at radius 2 is 2.07 bits per heavy atom. The molecule has 1 atom stereocenters. The van der Waals surface area contributed by atoms with Crippen LogP contribution in [-0.2, 0) is 26.1 Å². The molecule has 2 heterocycles. The van der Waals surface area contributed by atoms with E-state index in [1.807, 2.05) is 6.92 Å². The van der Waals surface area contributed by atoms with E-state index in [1.54, 1.807) is 32.9 Å². The molecule has 9 heteroatoms. The van der Waals surface area contributed by atoms with Crippen molar-refractivity contribution in [1.29, 1.82) is 0 Å². The van der Waals surface area contributed by atoms with Crippen molar-refractivity contribution < 1.29 is 27.5 Å². The van der Waals surface area contributed by atoms with Crippen molar-refractivity contribution in [3.05, 3.63) is 34.4 Å². The van der Waals surface area contributed by atoms with Crippen LogP contribution in [0.25, 0.3) is 0 Å². The van der Waals surface area contributed by atoms with Crippen LogP contribution >= 0.6 is 0 Å². The smallest absolute Gasteiger partial charge is 0.407 e. The molecule has 0 radical (unpaired) electrons. The lowest BCUT2D eigenvalue weighted by atomic mass is 9.94. The molecule has 2 aliphatic rings. The Morgan fingerprint density at radius 3 is 2.68 bits per heavy atom. The Morgan fingerprint density at radius 1 is 1.36 bits per heavy atom. The maximum Gasteiger partial charge on any atom is 0.407 e. The first-order chi connectivity index (χ1) is 13.0. The van der Waals surface area contributed by atoms with Crippen LogP contribution in [0.1, 0.15) is 60.3 Å². The van der Waals surface area contributed by atoms with Crippen molar-refractivity contribution in [3.8, 4) is 0 Å². The number of benzene rings is 1. The van der Waals surface area contributed by atoms with Gasteiger partial charge < -0.3 is 14.8 Å². The molecule has 2 aliphatic heterocycles. The lowest BCUT2D eigenvalue weighted by molar-refractivity contribution is 0.0511. The monoisotopic (exact) mass is 410 g/mol. The third kappa shape index (κ3) is 4.15. The Hall–Kier alpha value is -2.13. The van der Waals surface area contributed by atoms with Gasteiger partial charge in [-0.25, -0.2) is 18.0 Å². The minimum Gasteiger partial charge on any atom is -0.457 e. The van der Waals surface area contributed by atoms with Gasteiger partial charge in [-0.2, -0.15) is 4.31 Å². The normalized spacial score (nSPS) is 19.8. The summed E-state index contributed by atoms with van der Waals surface area (Å²) in [5.74, 6) is -0.288. The second-order valence-corrected chi connectivity index (χ2v) is 10.1. The first-order valence-corrected chi connectivity index (χ1v) is 10.9. The van der Waals surface area contributed by atoms with Gasteiger partial charge in [0.1, 0.15) is 12.2 Å². The molecule has 1 saturated heterocycles. The first-order valence-electron chi connectivity index (χ1n) is 9.25. The number of carbonyl (C=O) groups excluding carboxylic acids is 2. The SMILES string of the molecule is Cc1c([C@H](CNC(=O)OC(C)(C)C)N2CCCS2(=O)=O)ccc2c1COC2=O. The highest BCUT2D eigenvalue weighted by Crippen LogP contribution is 2.34. The van der Waals surface area contributed by atoms with E-state index in [1.165, 1.54) is 4.31 Å². The summed E-state index contributed by atoms with van der Waals surface area (Å²) in [4.78, 5) is 23.9. The van der Waals surface area contributed by atoms with Gasteiger partial charge in [0, 0.05) is 18.7 Å². The van der Waals surface area contributed by atoms with Crippen LogP contribution in [0.3, 0.4) is 0 Å². The van der Waals surface area contributed by atoms with Crippen molar-refractivity contribution >= 4 is 22.1 Å². The van der Waals surface area contributed by atoms with Crippen molar-refractivity contribution in [2.75, 3.05) is 18.8 Å². The van der Waals surface area contributed by atoms with E-state index in [0.717, 1.165) is 16.7 Å². The second kappa shape index (κ2) is 7.36. The number of cyclic esters (lactones) is 1. The number of carbonyl (C=O) groups is 2. The predicted molar refractivity (Wildman–Crippen MR) is 102 cm³/mol. The average Bonchev–Trinajstić information content (AvgIpc) is 3.11. The van der Waals surface area contributed by atoms with E-state index in [0.29, 0.717) is 18.5 Å². The highest BCUT2D eigenvalue weighted by molar-refractivity contribution is 7.89. The van der Waals surface area contributed by atoms with E-state index >= 15 is 0 Å². The number of amides is 1. The van der Waals surface area contributed by atoms with Crippen LogP contribution in [0.5, 0.6) is 0 Å². The Bertz CT molecular complexity index is 904. The van der Waals surface area contributed by atoms with Crippen LogP contribution < -0.4 is 5.32 Å². The summed E-state index contributed by atoms with van der Waals surface area (Å²) < 4.78 is 36.9. The molecule has 1 aromatic rings. The van der Waals surface area contributed by atoms with Gasteiger partial charge in [-0.15, -0.1) is 0 Å². The number of nitrogens with zero attached hydrogens (tertiary/aromatic N) is 1. The first kappa shape index (κ1) is 20.6. The van der Waals surface area contributed by atoms with E-state index < -0.39 is 27.8 Å². The van der Waals surface area contributed by atoms with Gasteiger partial charge in [0.05, 0.1) is 17.4 Å². The summed E-state index contributed by atoms with van der Waals surface area (Å²) in [6.45, 7) is 7.76. The van der Waals surface area contributed by atoms with Crippen LogP contribution in [0.4, 0.5) is 4.79 Å². The zero-order valence-corrected chi connectivity index (χ0v) is 17.4. The summed E-state index contributed by atoms with van der Waals surface area (Å²) in [6, 6.07) is 2.83. The van der Waals surface area contributed by atoms with Gasteiger partial charge in [-0.1, -0.05) is 6.07 Å². The molecule has 0 bridgehead atoms. The number of rotatable bonds is 4. The fourth-order valence-corrected chi connectivity index (χ4v) is 5.31. The van der Waals surface area contributed by atoms with Gasteiger partial charge in [0.25, 0.3) is 0 Å². The largest absolute Gasteiger partial charge is 0.457 e. The van der Waals surface area contributed by atoms with Gasteiger partial charge in [-0.05, 0) is 51.3 Å². The number of hydrogen-bond donors (Lipinski definition) is 1. The van der Waals surface area contributed by atoms with Gasteiger partial charge in [-0.3, -0.25) is 0 Å². The molecule has 154 valence electrons. The fraction of sp³-hybridized carbons (Fsp3) is 0.579. The highest BCUT2D eigenvalue weighted by atomic mass is 32.2. The number of esters is 1. The van der Waals surface area contributed by atoms with Crippen LogP contribution in [0.2, 0.25) is 0 Å². The Balaban J connectivity index is 1.92. The van der Waals surface area contributed by atoms with Crippen molar-refractivity contribution in [2.24, 2.45) is 0 Å². The maximum absolute atomic E-state index is 12.6. The topological polar surface area (TPSA) is 102 Å². The molecule has 28 heavy (non-hydrogen) atoms. The average molecular weight is 410 g/mol. The molecule has 0 unspecified atom stereocenters. The molecule has 8 nitrogen and oxygen atoms in total. The zero-order chi connectivity index (χ0) is 20.7. The quantitative estimate of drug-likeness (QED) is 0.764. The lowest BCUT2D eigenvalue weighted by Gasteiger charge is -2.29. The molecule has 0 aromatic heterocycles. The molecule has 0 aliphatic carbocycles. The summed E-state index contributed by atoms with van der Waals surface area (Å²) in [5.41, 5.74) is 2.17. The second-order valence-electron chi connectivity index (χ2n) is 8.06. The molecule has 0 spiro atoms. The third-order valence-electron chi connectivity index (χ3n) is 4.89. The summed E-state index contributed by atoms with van der Waals surface area (Å²) in [5, 5.41) is 2.69. The van der Waals surface area contributed by atoms with Gasteiger partial charge in [0.15, 0.2) is 0 Å². The molecule has 1 N–H and O–H groups in total. The summed E-state index contributed by atoms with van der Waals surface area (Å²) >= 11 is 0. The van der Waals surface area contributed by atoms with E-state index in [-0.39, 0.29) is 24.9 Å². The minimum atomic E-state index is -3.42. The molecule has 1 amide bonds. The molecule has 0 saturated carbocycles. The van der Waals surface area contributed by atoms with Crippen LogP contribution in [0.15, 0.2) is 12.1 Å². The number of alkyl carbamates (subject to hydrolysis) is 1. The lowest BCUT2D eigenvalue weighted by Crippen LogP contribution is -2.41. The number of nitrogens with one attached hydrogen (secondary N) is 1. The van der Waals surface area contributed by atoms with Gasteiger partial charge >= 0.3 is 12.1 Å². The molecular formula is C19H26N2O6S. The van der Waals surface area contributed by atoms with E-state index in [4.69, 9.17) is 9.47 Å². The zero-order valence-electron chi connectivity index (χ0n) is 16.6. The fourth-order valence-electron chi connectivity index (χ4n) is 3.60. The summed E-state index contributed by atoms with van der Waals surface area (Å²) in [7, 11) is -3.42. The van der Waals surface area contributed by atoms with Crippen molar-refractivity contribution in [2.45, 2.75) is 52.4 Å².